The van der Waals surface area contributed by atoms with E-state index in [9.17, 15) is 4.39 Å². The minimum absolute atomic E-state index is 0.248. The van der Waals surface area contributed by atoms with Crippen molar-refractivity contribution in [3.63, 3.8) is 0 Å². The Morgan fingerprint density at radius 2 is 1.79 bits per heavy atom. The Bertz CT molecular complexity index is 584. The van der Waals surface area contributed by atoms with Crippen LogP contribution in [-0.2, 0) is 6.54 Å². The van der Waals surface area contributed by atoms with Crippen LogP contribution in [0.1, 0.15) is 12.5 Å². The molecule has 2 rings (SSSR count). The van der Waals surface area contributed by atoms with Crippen LogP contribution in [-0.4, -0.2) is 6.54 Å². The van der Waals surface area contributed by atoms with E-state index in [1.165, 1.54) is 12.1 Å². The molecule has 0 amide bonds. The van der Waals surface area contributed by atoms with Gasteiger partial charge in [-0.05, 0) is 41.9 Å². The Morgan fingerprint density at radius 3 is 2.47 bits per heavy atom. The summed E-state index contributed by atoms with van der Waals surface area (Å²) < 4.78 is 13.4. The van der Waals surface area contributed by atoms with Crippen LogP contribution in [0.5, 0.6) is 0 Å². The van der Waals surface area contributed by atoms with E-state index in [-0.39, 0.29) is 5.82 Å². The van der Waals surface area contributed by atoms with Crippen molar-refractivity contribution < 1.29 is 4.39 Å². The smallest absolute Gasteiger partial charge is 0.123 e. The highest BCUT2D eigenvalue weighted by Crippen LogP contribution is 2.32. The second kappa shape index (κ2) is 6.38. The first-order valence-electron chi connectivity index (χ1n) is 6.06. The van der Waals surface area contributed by atoms with E-state index in [0.29, 0.717) is 16.6 Å². The first-order valence-corrected chi connectivity index (χ1v) is 6.82. The molecule has 0 aliphatic rings. The number of rotatable bonds is 4. The van der Waals surface area contributed by atoms with Gasteiger partial charge in [0.05, 0.1) is 0 Å². The van der Waals surface area contributed by atoms with Gasteiger partial charge < -0.3 is 5.32 Å². The van der Waals surface area contributed by atoms with Gasteiger partial charge in [0.2, 0.25) is 0 Å². The Morgan fingerprint density at radius 1 is 1.05 bits per heavy atom. The normalized spacial score (nSPS) is 10.7. The van der Waals surface area contributed by atoms with Gasteiger partial charge >= 0.3 is 0 Å². The maximum Gasteiger partial charge on any atom is 0.123 e. The summed E-state index contributed by atoms with van der Waals surface area (Å²) >= 11 is 12.1. The summed E-state index contributed by atoms with van der Waals surface area (Å²) in [6, 6.07) is 10.0. The van der Waals surface area contributed by atoms with Gasteiger partial charge in [-0.25, -0.2) is 4.39 Å². The van der Waals surface area contributed by atoms with Gasteiger partial charge in [0.25, 0.3) is 0 Å². The number of hydrogen-bond donors (Lipinski definition) is 1. The number of benzene rings is 2. The van der Waals surface area contributed by atoms with Gasteiger partial charge in [-0.1, -0.05) is 42.3 Å². The standard InChI is InChI=1S/C15H14Cl2FN/c1-2-19-9-10-7-12(18)4-6-13(10)14-5-3-11(16)8-15(14)17/h3-8,19H,2,9H2,1H3. The summed E-state index contributed by atoms with van der Waals surface area (Å²) in [7, 11) is 0. The molecule has 0 atom stereocenters. The van der Waals surface area contributed by atoms with Crippen molar-refractivity contribution in [2.45, 2.75) is 13.5 Å². The van der Waals surface area contributed by atoms with Crippen LogP contribution in [0, 0.1) is 5.82 Å². The van der Waals surface area contributed by atoms with Crippen LogP contribution in [0.2, 0.25) is 10.0 Å². The molecule has 0 spiro atoms. The zero-order valence-electron chi connectivity index (χ0n) is 10.5. The van der Waals surface area contributed by atoms with Crippen LogP contribution in [0.4, 0.5) is 4.39 Å². The van der Waals surface area contributed by atoms with E-state index >= 15 is 0 Å². The van der Waals surface area contributed by atoms with Crippen LogP contribution in [0.25, 0.3) is 11.1 Å². The number of nitrogens with one attached hydrogen (secondary N) is 1. The second-order valence-corrected chi connectivity index (χ2v) is 5.05. The lowest BCUT2D eigenvalue weighted by molar-refractivity contribution is 0.622. The summed E-state index contributed by atoms with van der Waals surface area (Å²) in [6.07, 6.45) is 0. The van der Waals surface area contributed by atoms with Crippen molar-refractivity contribution in [1.29, 1.82) is 0 Å². The molecular weight excluding hydrogens is 284 g/mol. The minimum atomic E-state index is -0.248. The summed E-state index contributed by atoms with van der Waals surface area (Å²) in [5.41, 5.74) is 2.66. The summed E-state index contributed by atoms with van der Waals surface area (Å²) in [6.45, 7) is 3.43. The van der Waals surface area contributed by atoms with Gasteiger partial charge in [-0.2, -0.15) is 0 Å². The molecule has 0 radical (unpaired) electrons. The van der Waals surface area contributed by atoms with Gasteiger partial charge in [0.1, 0.15) is 5.82 Å². The van der Waals surface area contributed by atoms with Crippen molar-refractivity contribution in [2.24, 2.45) is 0 Å². The van der Waals surface area contributed by atoms with Crippen molar-refractivity contribution >= 4 is 23.2 Å². The lowest BCUT2D eigenvalue weighted by atomic mass is 9.99. The van der Waals surface area contributed by atoms with Crippen LogP contribution >= 0.6 is 23.2 Å². The zero-order valence-corrected chi connectivity index (χ0v) is 12.0. The van der Waals surface area contributed by atoms with E-state index in [1.807, 2.05) is 13.0 Å². The van der Waals surface area contributed by atoms with E-state index < -0.39 is 0 Å². The zero-order chi connectivity index (χ0) is 13.8. The monoisotopic (exact) mass is 297 g/mol. The molecule has 19 heavy (non-hydrogen) atoms. The number of hydrogen-bond acceptors (Lipinski definition) is 1. The highest BCUT2D eigenvalue weighted by atomic mass is 35.5. The maximum atomic E-state index is 13.4. The van der Waals surface area contributed by atoms with Gasteiger partial charge in [-0.15, -0.1) is 0 Å². The Balaban J connectivity index is 2.48. The molecule has 2 aromatic rings. The summed E-state index contributed by atoms with van der Waals surface area (Å²) in [5.74, 6) is -0.248. The predicted molar refractivity (Wildman–Crippen MR) is 79.2 cm³/mol. The highest BCUT2D eigenvalue weighted by Gasteiger charge is 2.10. The molecule has 0 aliphatic carbocycles. The Hall–Kier alpha value is -1.09. The van der Waals surface area contributed by atoms with Gasteiger partial charge in [0.15, 0.2) is 0 Å². The quantitative estimate of drug-likeness (QED) is 0.845. The first kappa shape index (κ1) is 14.3. The van der Waals surface area contributed by atoms with Crippen LogP contribution < -0.4 is 5.32 Å². The third kappa shape index (κ3) is 3.47. The first-order chi connectivity index (χ1) is 9.11. The van der Waals surface area contributed by atoms with Crippen molar-refractivity contribution in [1.82, 2.24) is 5.32 Å². The molecule has 0 fully saturated rings. The topological polar surface area (TPSA) is 12.0 Å². The average molecular weight is 298 g/mol. The molecule has 0 aromatic heterocycles. The molecule has 4 heteroatoms. The number of halogens is 3. The van der Waals surface area contributed by atoms with Crippen molar-refractivity contribution in [3.05, 3.63) is 57.8 Å². The Kier molecular flexibility index (Phi) is 4.81. The van der Waals surface area contributed by atoms with Crippen molar-refractivity contribution in [2.75, 3.05) is 6.54 Å². The lowest BCUT2D eigenvalue weighted by Gasteiger charge is -2.12. The molecular formula is C15H14Cl2FN. The SMILES string of the molecule is CCNCc1cc(F)ccc1-c1ccc(Cl)cc1Cl. The molecule has 1 nitrogen and oxygen atoms in total. The molecule has 0 unspecified atom stereocenters. The summed E-state index contributed by atoms with van der Waals surface area (Å²) in [4.78, 5) is 0. The molecule has 0 saturated carbocycles. The Labute approximate surface area is 122 Å². The van der Waals surface area contributed by atoms with Gasteiger partial charge in [-0.3, -0.25) is 0 Å². The third-order valence-electron chi connectivity index (χ3n) is 2.85. The van der Waals surface area contributed by atoms with E-state index in [4.69, 9.17) is 23.2 Å². The average Bonchev–Trinajstić information content (AvgIpc) is 2.37. The molecule has 0 saturated heterocycles. The fourth-order valence-electron chi connectivity index (χ4n) is 1.94. The van der Waals surface area contributed by atoms with Crippen LogP contribution in [0.3, 0.4) is 0 Å². The minimum Gasteiger partial charge on any atom is -0.313 e. The molecule has 0 bridgehead atoms. The second-order valence-electron chi connectivity index (χ2n) is 4.21. The molecule has 2 aromatic carbocycles. The molecule has 100 valence electrons. The van der Waals surface area contributed by atoms with E-state index in [1.54, 1.807) is 18.2 Å². The van der Waals surface area contributed by atoms with Crippen molar-refractivity contribution in [3.8, 4) is 11.1 Å². The third-order valence-corrected chi connectivity index (χ3v) is 3.40. The highest BCUT2D eigenvalue weighted by molar-refractivity contribution is 6.36. The van der Waals surface area contributed by atoms with Crippen LogP contribution in [0.15, 0.2) is 36.4 Å². The molecule has 0 heterocycles. The lowest BCUT2D eigenvalue weighted by Crippen LogP contribution is -2.12. The molecule has 1 N–H and O–H groups in total. The maximum absolute atomic E-state index is 13.4. The largest absolute Gasteiger partial charge is 0.313 e. The van der Waals surface area contributed by atoms with E-state index in [2.05, 4.69) is 5.32 Å². The summed E-state index contributed by atoms with van der Waals surface area (Å²) in [5, 5.41) is 4.35. The fourth-order valence-corrected chi connectivity index (χ4v) is 2.45. The fraction of sp³-hybridized carbons (Fsp3) is 0.200. The molecule has 0 aliphatic heterocycles. The van der Waals surface area contributed by atoms with E-state index in [0.717, 1.165) is 23.2 Å². The van der Waals surface area contributed by atoms with Gasteiger partial charge in [0, 0.05) is 22.2 Å². The predicted octanol–water partition coefficient (Wildman–Crippen LogP) is 4.91.